The van der Waals surface area contributed by atoms with Gasteiger partial charge >= 0.3 is 0 Å². The van der Waals surface area contributed by atoms with Crippen LogP contribution in [0.4, 0.5) is 0 Å². The summed E-state index contributed by atoms with van der Waals surface area (Å²) >= 11 is 0. The van der Waals surface area contributed by atoms with E-state index in [9.17, 15) is 16.8 Å². The fourth-order valence-corrected chi connectivity index (χ4v) is 4.44. The topological polar surface area (TPSA) is 92.3 Å². The highest BCUT2D eigenvalue weighted by Gasteiger charge is 2.17. The Labute approximate surface area is 155 Å². The zero-order chi connectivity index (χ0) is 19.5. The standard InChI is InChI=1S/C18H22N2O4S2/c1-13-5-7-15(17(11-13)25(21,22)19-3)9-10-16-8-6-14(2)12-18(16)26(23,24)20-4/h5-12,19-20H,1-4H3/b10-9+. The van der Waals surface area contributed by atoms with Gasteiger partial charge in [0.2, 0.25) is 20.0 Å². The van der Waals surface area contributed by atoms with Crippen molar-refractivity contribution in [2.45, 2.75) is 23.6 Å². The molecule has 0 fully saturated rings. The first kappa shape index (κ1) is 20.3. The Kier molecular flexibility index (Phi) is 6.02. The molecule has 2 N–H and O–H groups in total. The van der Waals surface area contributed by atoms with E-state index in [0.717, 1.165) is 11.1 Å². The predicted octanol–water partition coefficient (Wildman–Crippen LogP) is 2.29. The van der Waals surface area contributed by atoms with Crippen LogP contribution in [0.25, 0.3) is 12.2 Å². The van der Waals surface area contributed by atoms with Gasteiger partial charge < -0.3 is 0 Å². The van der Waals surface area contributed by atoms with Crippen molar-refractivity contribution >= 4 is 32.2 Å². The number of aryl methyl sites for hydroxylation is 2. The van der Waals surface area contributed by atoms with Gasteiger partial charge in [0.25, 0.3) is 0 Å². The van der Waals surface area contributed by atoms with Crippen LogP contribution in [0.3, 0.4) is 0 Å². The van der Waals surface area contributed by atoms with Gasteiger partial charge in [0, 0.05) is 0 Å². The van der Waals surface area contributed by atoms with E-state index < -0.39 is 20.0 Å². The molecule has 0 aliphatic heterocycles. The van der Waals surface area contributed by atoms with Gasteiger partial charge in [-0.05, 0) is 62.3 Å². The molecule has 0 aliphatic carbocycles. The summed E-state index contributed by atoms with van der Waals surface area (Å²) in [6, 6.07) is 10.1. The van der Waals surface area contributed by atoms with Crippen molar-refractivity contribution in [2.75, 3.05) is 14.1 Å². The zero-order valence-corrected chi connectivity index (χ0v) is 16.7. The van der Waals surface area contributed by atoms with E-state index >= 15 is 0 Å². The third-order valence-corrected chi connectivity index (χ3v) is 6.84. The van der Waals surface area contributed by atoms with E-state index in [1.165, 1.54) is 14.1 Å². The quantitative estimate of drug-likeness (QED) is 0.735. The summed E-state index contributed by atoms with van der Waals surface area (Å²) in [7, 11) is -4.58. The number of benzene rings is 2. The maximum absolute atomic E-state index is 12.3. The molecule has 26 heavy (non-hydrogen) atoms. The van der Waals surface area contributed by atoms with Gasteiger partial charge in [-0.3, -0.25) is 0 Å². The average molecular weight is 395 g/mol. The van der Waals surface area contributed by atoms with E-state index in [-0.39, 0.29) is 9.79 Å². The molecule has 2 aromatic carbocycles. The second-order valence-corrected chi connectivity index (χ2v) is 9.54. The number of sulfonamides is 2. The number of nitrogens with one attached hydrogen (secondary N) is 2. The van der Waals surface area contributed by atoms with Gasteiger partial charge in [-0.15, -0.1) is 0 Å². The summed E-state index contributed by atoms with van der Waals surface area (Å²) in [5.74, 6) is 0. The van der Waals surface area contributed by atoms with E-state index in [0.29, 0.717) is 11.1 Å². The molecule has 2 aromatic rings. The molecule has 0 atom stereocenters. The first-order chi connectivity index (χ1) is 12.1. The third kappa shape index (κ3) is 4.39. The molecule has 8 heteroatoms. The summed E-state index contributed by atoms with van der Waals surface area (Å²) < 4.78 is 53.6. The van der Waals surface area contributed by atoms with Gasteiger partial charge in [0.05, 0.1) is 9.79 Å². The lowest BCUT2D eigenvalue weighted by molar-refractivity contribution is 0.586. The molecule has 6 nitrogen and oxygen atoms in total. The zero-order valence-electron chi connectivity index (χ0n) is 15.1. The molecule has 0 radical (unpaired) electrons. The van der Waals surface area contributed by atoms with Crippen molar-refractivity contribution in [3.63, 3.8) is 0 Å². The molecule has 0 aliphatic rings. The second kappa shape index (κ2) is 7.71. The second-order valence-electron chi connectivity index (χ2n) is 5.83. The van der Waals surface area contributed by atoms with Crippen LogP contribution in [0, 0.1) is 13.8 Å². The Bertz CT molecular complexity index is 971. The average Bonchev–Trinajstić information content (AvgIpc) is 2.61. The molecule has 0 saturated carbocycles. The minimum absolute atomic E-state index is 0.140. The highest BCUT2D eigenvalue weighted by atomic mass is 32.2. The summed E-state index contributed by atoms with van der Waals surface area (Å²) in [6.45, 7) is 3.61. The first-order valence-corrected chi connectivity index (χ1v) is 10.8. The largest absolute Gasteiger partial charge is 0.240 e. The molecule has 0 unspecified atom stereocenters. The highest BCUT2D eigenvalue weighted by Crippen LogP contribution is 2.23. The molecule has 2 rings (SSSR count). The lowest BCUT2D eigenvalue weighted by atomic mass is 10.1. The highest BCUT2D eigenvalue weighted by molar-refractivity contribution is 7.89. The number of rotatable bonds is 6. The van der Waals surface area contributed by atoms with E-state index in [4.69, 9.17) is 0 Å². The van der Waals surface area contributed by atoms with Crippen molar-refractivity contribution in [1.82, 2.24) is 9.44 Å². The summed E-state index contributed by atoms with van der Waals surface area (Å²) in [5, 5.41) is 0. The summed E-state index contributed by atoms with van der Waals surface area (Å²) in [5.41, 5.74) is 2.56. The van der Waals surface area contributed by atoms with Crippen LogP contribution >= 0.6 is 0 Å². The molecule has 140 valence electrons. The lowest BCUT2D eigenvalue weighted by Crippen LogP contribution is -2.20. The normalized spacial score (nSPS) is 12.6. The summed E-state index contributed by atoms with van der Waals surface area (Å²) in [4.78, 5) is 0.280. The molecule has 0 spiro atoms. The smallest absolute Gasteiger partial charge is 0.214 e. The lowest BCUT2D eigenvalue weighted by Gasteiger charge is -2.10. The fraction of sp³-hybridized carbons (Fsp3) is 0.222. The Morgan fingerprint density at radius 2 is 1.04 bits per heavy atom. The van der Waals surface area contributed by atoms with Crippen molar-refractivity contribution in [2.24, 2.45) is 0 Å². The van der Waals surface area contributed by atoms with Crippen LogP contribution in [0.2, 0.25) is 0 Å². The van der Waals surface area contributed by atoms with Crippen LogP contribution in [-0.2, 0) is 20.0 Å². The van der Waals surface area contributed by atoms with Crippen molar-refractivity contribution in [1.29, 1.82) is 0 Å². The molecular weight excluding hydrogens is 372 g/mol. The Balaban J connectivity index is 2.60. The van der Waals surface area contributed by atoms with Crippen LogP contribution in [0.5, 0.6) is 0 Å². The molecule has 0 saturated heterocycles. The summed E-state index contributed by atoms with van der Waals surface area (Å²) in [6.07, 6.45) is 3.20. The molecule has 0 bridgehead atoms. The van der Waals surface area contributed by atoms with Gasteiger partial charge in [0.1, 0.15) is 0 Å². The third-order valence-electron chi connectivity index (χ3n) is 3.90. The molecular formula is C18H22N2O4S2. The monoisotopic (exact) mass is 394 g/mol. The fourth-order valence-electron chi connectivity index (χ4n) is 2.42. The van der Waals surface area contributed by atoms with Crippen molar-refractivity contribution in [3.8, 4) is 0 Å². The maximum Gasteiger partial charge on any atom is 0.240 e. The Hall–Kier alpha value is -2.00. The van der Waals surface area contributed by atoms with Crippen LogP contribution in [0.15, 0.2) is 46.2 Å². The first-order valence-electron chi connectivity index (χ1n) is 7.87. The Morgan fingerprint density at radius 3 is 1.35 bits per heavy atom. The predicted molar refractivity (Wildman–Crippen MR) is 104 cm³/mol. The van der Waals surface area contributed by atoms with Crippen LogP contribution < -0.4 is 9.44 Å². The minimum atomic E-state index is -3.64. The van der Waals surface area contributed by atoms with Crippen molar-refractivity contribution < 1.29 is 16.8 Å². The molecule has 0 heterocycles. The Morgan fingerprint density at radius 1 is 0.692 bits per heavy atom. The van der Waals surface area contributed by atoms with E-state index in [1.807, 2.05) is 0 Å². The SMILES string of the molecule is CNS(=O)(=O)c1cc(C)ccc1/C=C/c1ccc(C)cc1S(=O)(=O)NC. The number of hydrogen-bond acceptors (Lipinski definition) is 4. The van der Waals surface area contributed by atoms with E-state index in [1.54, 1.807) is 62.4 Å². The maximum atomic E-state index is 12.3. The van der Waals surface area contributed by atoms with Crippen molar-refractivity contribution in [3.05, 3.63) is 58.7 Å². The van der Waals surface area contributed by atoms with Gasteiger partial charge in [-0.1, -0.05) is 36.4 Å². The molecule has 0 amide bonds. The van der Waals surface area contributed by atoms with Gasteiger partial charge in [0.15, 0.2) is 0 Å². The minimum Gasteiger partial charge on any atom is -0.214 e. The molecule has 0 aromatic heterocycles. The number of hydrogen-bond donors (Lipinski definition) is 2. The van der Waals surface area contributed by atoms with Gasteiger partial charge in [-0.2, -0.15) is 0 Å². The van der Waals surface area contributed by atoms with Gasteiger partial charge in [-0.25, -0.2) is 26.3 Å². The van der Waals surface area contributed by atoms with Crippen LogP contribution in [-0.4, -0.2) is 30.9 Å². The van der Waals surface area contributed by atoms with E-state index in [2.05, 4.69) is 9.44 Å². The van der Waals surface area contributed by atoms with Crippen LogP contribution in [0.1, 0.15) is 22.3 Å².